The molecule has 0 amide bonds. The lowest BCUT2D eigenvalue weighted by atomic mass is 10.4. The van der Waals surface area contributed by atoms with E-state index >= 15 is 0 Å². The molecule has 0 aliphatic rings. The van der Waals surface area contributed by atoms with Crippen molar-refractivity contribution in [1.29, 1.82) is 0 Å². The minimum Gasteiger partial charge on any atom is -0.399 e. The van der Waals surface area contributed by atoms with Crippen molar-refractivity contribution in [3.63, 3.8) is 0 Å². The average molecular weight is 333 g/mol. The molecule has 0 saturated heterocycles. The molecule has 0 heterocycles. The lowest BCUT2D eigenvalue weighted by Crippen LogP contribution is -2.48. The van der Waals surface area contributed by atoms with Crippen molar-refractivity contribution in [2.75, 3.05) is 32.3 Å². The number of sulfonamides is 1. The zero-order chi connectivity index (χ0) is 15.9. The zero-order valence-electron chi connectivity index (χ0n) is 12.1. The summed E-state index contributed by atoms with van der Waals surface area (Å²) in [7, 11) is -4.49. The fourth-order valence-corrected chi connectivity index (χ4v) is 4.87. The second kappa shape index (κ2) is 8.02. The first-order valence-electron chi connectivity index (χ1n) is 6.76. The molecular formula is C13H23NO5SSi. The molecule has 8 heteroatoms. The normalized spacial score (nSPS) is 12.8. The van der Waals surface area contributed by atoms with Gasteiger partial charge in [0.2, 0.25) is 10.0 Å². The Bertz CT molecular complexity index is 510. The van der Waals surface area contributed by atoms with Crippen LogP contribution in [-0.2, 0) is 10.0 Å². The van der Waals surface area contributed by atoms with Crippen molar-refractivity contribution >= 4 is 18.1 Å². The summed E-state index contributed by atoms with van der Waals surface area (Å²) in [5.41, 5.74) is 0. The molecule has 1 rings (SSSR count). The summed E-state index contributed by atoms with van der Waals surface area (Å²) in [5, 5.41) is 27.9. The van der Waals surface area contributed by atoms with Crippen molar-refractivity contribution in [3.05, 3.63) is 30.3 Å². The molecule has 6 nitrogen and oxygen atoms in total. The van der Waals surface area contributed by atoms with Crippen LogP contribution in [0.2, 0.25) is 6.04 Å². The fraction of sp³-hybridized carbons (Fsp3) is 0.538. The third-order valence-corrected chi connectivity index (χ3v) is 8.94. The van der Waals surface area contributed by atoms with Crippen LogP contribution in [-0.4, -0.2) is 68.4 Å². The molecule has 1 aromatic carbocycles. The first-order valence-corrected chi connectivity index (χ1v) is 11.0. The van der Waals surface area contributed by atoms with Gasteiger partial charge in [-0.2, -0.15) is 0 Å². The molecule has 0 saturated carbocycles. The van der Waals surface area contributed by atoms with Gasteiger partial charge in [0.1, 0.15) is 8.07 Å². The van der Waals surface area contributed by atoms with Gasteiger partial charge < -0.3 is 15.3 Å². The Morgan fingerprint density at radius 1 is 1.05 bits per heavy atom. The smallest absolute Gasteiger partial charge is 0.242 e. The quantitative estimate of drug-likeness (QED) is 0.541. The number of hydrogen-bond donors (Lipinski definition) is 3. The molecule has 0 bridgehead atoms. The van der Waals surface area contributed by atoms with Gasteiger partial charge in [-0.15, -0.1) is 0 Å². The molecule has 0 aliphatic heterocycles. The van der Waals surface area contributed by atoms with Gasteiger partial charge in [0.15, 0.2) is 0 Å². The van der Waals surface area contributed by atoms with Crippen LogP contribution in [0.25, 0.3) is 0 Å². The minimum atomic E-state index is -3.52. The highest BCUT2D eigenvalue weighted by atomic mass is 32.2. The van der Waals surface area contributed by atoms with Gasteiger partial charge in [0, 0.05) is 32.3 Å². The van der Waals surface area contributed by atoms with Gasteiger partial charge in [-0.1, -0.05) is 24.2 Å². The van der Waals surface area contributed by atoms with Gasteiger partial charge in [-0.3, -0.25) is 0 Å². The molecular weight excluding hydrogens is 310 g/mol. The van der Waals surface area contributed by atoms with E-state index in [2.05, 4.69) is 0 Å². The maximum Gasteiger partial charge on any atom is 0.242 e. The average Bonchev–Trinajstić information content (AvgIpc) is 2.52. The van der Waals surface area contributed by atoms with Gasteiger partial charge in [0.25, 0.3) is 0 Å². The number of benzene rings is 1. The predicted octanol–water partition coefficient (Wildman–Crippen LogP) is -0.259. The third kappa shape index (κ3) is 4.60. The molecule has 0 unspecified atom stereocenters. The monoisotopic (exact) mass is 333 g/mol. The standard InChI is InChI=1S/C13H23NO5SSi/c1-14(8-5-9-21(10-15,11-16)12-17)20(18,19)13-6-3-2-4-7-13/h2-4,6-7,15-17H,5,8-12H2,1H3. The van der Waals surface area contributed by atoms with Gasteiger partial charge >= 0.3 is 0 Å². The predicted molar refractivity (Wildman–Crippen MR) is 82.7 cm³/mol. The van der Waals surface area contributed by atoms with E-state index in [-0.39, 0.29) is 30.1 Å². The molecule has 0 radical (unpaired) electrons. The second-order valence-electron chi connectivity index (χ2n) is 5.22. The molecule has 0 aromatic heterocycles. The van der Waals surface area contributed by atoms with Crippen molar-refractivity contribution in [3.8, 4) is 0 Å². The first kappa shape index (κ1) is 18.3. The van der Waals surface area contributed by atoms with Crippen LogP contribution in [0.4, 0.5) is 0 Å². The summed E-state index contributed by atoms with van der Waals surface area (Å²) in [4.78, 5) is 0.238. The highest BCUT2D eigenvalue weighted by molar-refractivity contribution is 7.89. The molecule has 0 fully saturated rings. The lowest BCUT2D eigenvalue weighted by molar-refractivity contribution is 0.286. The third-order valence-electron chi connectivity index (χ3n) is 3.64. The summed E-state index contributed by atoms with van der Waals surface area (Å²) in [6, 6.07) is 8.65. The largest absolute Gasteiger partial charge is 0.399 e. The number of aliphatic hydroxyl groups excluding tert-OH is 3. The van der Waals surface area contributed by atoms with Crippen molar-refractivity contribution in [2.45, 2.75) is 17.4 Å². The minimum absolute atomic E-state index is 0.199. The van der Waals surface area contributed by atoms with Crippen LogP contribution in [0.15, 0.2) is 35.2 Å². The van der Waals surface area contributed by atoms with Gasteiger partial charge in [0.05, 0.1) is 4.90 Å². The Morgan fingerprint density at radius 3 is 2.05 bits per heavy atom. The molecule has 120 valence electrons. The van der Waals surface area contributed by atoms with E-state index in [9.17, 15) is 23.7 Å². The van der Waals surface area contributed by atoms with E-state index in [1.165, 1.54) is 11.4 Å². The van der Waals surface area contributed by atoms with E-state index in [1.807, 2.05) is 0 Å². The van der Waals surface area contributed by atoms with Crippen LogP contribution in [0, 0.1) is 0 Å². The second-order valence-corrected chi connectivity index (χ2v) is 11.7. The number of aliphatic hydroxyl groups is 3. The number of hydrogen-bond acceptors (Lipinski definition) is 5. The van der Waals surface area contributed by atoms with Crippen LogP contribution < -0.4 is 0 Å². The van der Waals surface area contributed by atoms with Crippen molar-refractivity contribution in [1.82, 2.24) is 4.31 Å². The zero-order valence-corrected chi connectivity index (χ0v) is 14.0. The summed E-state index contributed by atoms with van der Waals surface area (Å²) in [6.45, 7) is 0.284. The fourth-order valence-electron chi connectivity index (χ4n) is 1.96. The molecule has 0 atom stereocenters. The summed E-state index contributed by atoms with van der Waals surface area (Å²) < 4.78 is 25.8. The topological polar surface area (TPSA) is 98.1 Å². The molecule has 21 heavy (non-hydrogen) atoms. The van der Waals surface area contributed by atoms with E-state index in [0.29, 0.717) is 12.5 Å². The Morgan fingerprint density at radius 2 is 1.57 bits per heavy atom. The SMILES string of the molecule is CN(CCC[Si](CO)(CO)CO)S(=O)(=O)c1ccccc1. The maximum absolute atomic E-state index is 12.3. The Labute approximate surface area is 126 Å². The summed E-state index contributed by atoms with van der Waals surface area (Å²) >= 11 is 0. The van der Waals surface area contributed by atoms with Gasteiger partial charge in [-0.25, -0.2) is 12.7 Å². The van der Waals surface area contributed by atoms with E-state index in [0.717, 1.165) is 0 Å². The van der Waals surface area contributed by atoms with Crippen molar-refractivity contribution in [2.24, 2.45) is 0 Å². The molecule has 1 aromatic rings. The van der Waals surface area contributed by atoms with E-state index < -0.39 is 18.1 Å². The van der Waals surface area contributed by atoms with E-state index in [1.54, 1.807) is 30.3 Å². The van der Waals surface area contributed by atoms with Crippen molar-refractivity contribution < 1.29 is 23.7 Å². The summed E-state index contributed by atoms with van der Waals surface area (Å²) in [5.74, 6) is 0. The maximum atomic E-state index is 12.3. The van der Waals surface area contributed by atoms with Gasteiger partial charge in [-0.05, 0) is 18.6 Å². The number of rotatable bonds is 9. The Hall–Kier alpha value is -0.773. The molecule has 0 spiro atoms. The molecule has 0 aliphatic carbocycles. The Kier molecular flexibility index (Phi) is 6.98. The van der Waals surface area contributed by atoms with Crippen LogP contribution >= 0.6 is 0 Å². The van der Waals surface area contributed by atoms with Crippen LogP contribution in [0.1, 0.15) is 6.42 Å². The number of nitrogens with zero attached hydrogens (tertiary/aromatic N) is 1. The van der Waals surface area contributed by atoms with Crippen LogP contribution in [0.3, 0.4) is 0 Å². The first-order chi connectivity index (χ1) is 9.91. The highest BCUT2D eigenvalue weighted by Gasteiger charge is 2.31. The van der Waals surface area contributed by atoms with Crippen LogP contribution in [0.5, 0.6) is 0 Å². The lowest BCUT2D eigenvalue weighted by Gasteiger charge is -2.25. The Balaban J connectivity index is 2.64. The van der Waals surface area contributed by atoms with E-state index in [4.69, 9.17) is 0 Å². The molecule has 3 N–H and O–H groups in total. The summed E-state index contributed by atoms with van der Waals surface area (Å²) in [6.07, 6.45) is -0.101. The highest BCUT2D eigenvalue weighted by Crippen LogP contribution is 2.16.